The predicted octanol–water partition coefficient (Wildman–Crippen LogP) is 1.50. The summed E-state index contributed by atoms with van der Waals surface area (Å²) in [5.74, 6) is -0.379. The van der Waals surface area contributed by atoms with Gasteiger partial charge < -0.3 is 9.84 Å². The number of ether oxygens (including phenoxy) is 1. The van der Waals surface area contributed by atoms with Gasteiger partial charge in [-0.3, -0.25) is 4.79 Å². The number of hydrogen-bond donors (Lipinski definition) is 1. The molecule has 0 unspecified atom stereocenters. The first-order valence-electron chi connectivity index (χ1n) is 8.34. The Hall–Kier alpha value is -2.72. The summed E-state index contributed by atoms with van der Waals surface area (Å²) in [6.45, 7) is 1.70. The maximum atomic E-state index is 12.7. The molecule has 1 N–H and O–H groups in total. The van der Waals surface area contributed by atoms with Crippen LogP contribution in [0.15, 0.2) is 46.8 Å². The Morgan fingerprint density at radius 2 is 2.00 bits per heavy atom. The first kappa shape index (κ1) is 20.0. The van der Waals surface area contributed by atoms with Crippen LogP contribution in [0.25, 0.3) is 0 Å². The molecule has 0 aliphatic heterocycles. The molecule has 28 heavy (non-hydrogen) atoms. The molecule has 2 aromatic carbocycles. The van der Waals surface area contributed by atoms with Crippen LogP contribution in [0.5, 0.6) is 11.5 Å². The molecule has 0 aliphatic rings. The van der Waals surface area contributed by atoms with Crippen LogP contribution in [0.4, 0.5) is 0 Å². The van der Waals surface area contributed by atoms with Gasteiger partial charge in [-0.2, -0.15) is 0 Å². The Balaban J connectivity index is 1.90. The van der Waals surface area contributed by atoms with Gasteiger partial charge in [0.15, 0.2) is 0 Å². The summed E-state index contributed by atoms with van der Waals surface area (Å²) >= 11 is 1.03. The molecule has 3 aromatic rings. The van der Waals surface area contributed by atoms with Crippen molar-refractivity contribution in [1.82, 2.24) is 10.2 Å². The summed E-state index contributed by atoms with van der Waals surface area (Å²) in [6, 6.07) is 12.0. The highest BCUT2D eigenvalue weighted by molar-refractivity contribution is 7.92. The van der Waals surface area contributed by atoms with Crippen molar-refractivity contribution in [3.63, 3.8) is 0 Å². The third-order valence-corrected chi connectivity index (χ3v) is 6.77. The van der Waals surface area contributed by atoms with E-state index in [2.05, 4.69) is 10.2 Å². The monoisotopic (exact) mass is 416 g/mol. The van der Waals surface area contributed by atoms with Crippen molar-refractivity contribution in [1.29, 1.82) is 0 Å². The third-order valence-electron chi connectivity index (χ3n) is 3.82. The second-order valence-electron chi connectivity index (χ2n) is 6.28. The van der Waals surface area contributed by atoms with Gasteiger partial charge in [-0.1, -0.05) is 41.1 Å². The SMILES string of the molecule is Bc1ccc(Oc2cccc(CC(=O)O)c2)c(CS(=O)(=O)c2nnc(C)s2)c1. The average Bonchev–Trinajstić information content (AvgIpc) is 3.04. The molecule has 0 radical (unpaired) electrons. The fourth-order valence-corrected chi connectivity index (χ4v) is 5.00. The quantitative estimate of drug-likeness (QED) is 0.582. The lowest BCUT2D eigenvalue weighted by atomic mass is 9.94. The van der Waals surface area contributed by atoms with Crippen LogP contribution >= 0.6 is 11.3 Å². The number of carboxylic acid groups (broad SMARTS) is 1. The molecule has 1 aromatic heterocycles. The van der Waals surface area contributed by atoms with E-state index in [1.807, 2.05) is 13.9 Å². The molecule has 3 rings (SSSR count). The van der Waals surface area contributed by atoms with Gasteiger partial charge in [0.2, 0.25) is 14.2 Å². The van der Waals surface area contributed by atoms with Gasteiger partial charge in [0.1, 0.15) is 24.4 Å². The van der Waals surface area contributed by atoms with E-state index in [9.17, 15) is 13.2 Å². The van der Waals surface area contributed by atoms with E-state index in [4.69, 9.17) is 9.84 Å². The summed E-state index contributed by atoms with van der Waals surface area (Å²) in [6.07, 6.45) is -0.122. The minimum absolute atomic E-state index is 0.0269. The maximum absolute atomic E-state index is 12.7. The molecular formula is C18H17BN2O5S2. The highest BCUT2D eigenvalue weighted by atomic mass is 32.2. The molecule has 0 fully saturated rings. The van der Waals surface area contributed by atoms with Gasteiger partial charge in [0.05, 0.1) is 12.2 Å². The first-order valence-corrected chi connectivity index (χ1v) is 10.8. The van der Waals surface area contributed by atoms with E-state index < -0.39 is 15.8 Å². The molecule has 0 saturated carbocycles. The lowest BCUT2D eigenvalue weighted by Crippen LogP contribution is -2.10. The summed E-state index contributed by atoms with van der Waals surface area (Å²) in [5.41, 5.74) is 1.98. The average molecular weight is 416 g/mol. The molecule has 7 nitrogen and oxygen atoms in total. The Morgan fingerprint density at radius 1 is 1.21 bits per heavy atom. The molecule has 0 atom stereocenters. The minimum Gasteiger partial charge on any atom is -0.481 e. The zero-order chi connectivity index (χ0) is 20.3. The number of aromatic nitrogens is 2. The normalized spacial score (nSPS) is 11.3. The van der Waals surface area contributed by atoms with Gasteiger partial charge in [0, 0.05) is 5.56 Å². The van der Waals surface area contributed by atoms with Crippen LogP contribution in [0.2, 0.25) is 0 Å². The molecule has 10 heteroatoms. The summed E-state index contributed by atoms with van der Waals surface area (Å²) in [4.78, 5) is 10.9. The molecular weight excluding hydrogens is 399 g/mol. The molecule has 0 bridgehead atoms. The van der Waals surface area contributed by atoms with Crippen molar-refractivity contribution in [2.45, 2.75) is 23.4 Å². The standard InChI is InChI=1S/C18H17BN2O5S2/c1-11-20-21-18(27-11)28(24,25)10-13-9-14(19)5-6-16(13)26-15-4-2-3-12(7-15)8-17(22)23/h2-7,9H,8,10,19H2,1H3,(H,22,23). The van der Waals surface area contributed by atoms with E-state index >= 15 is 0 Å². The number of hydrogen-bond acceptors (Lipinski definition) is 7. The Kier molecular flexibility index (Phi) is 5.80. The highest BCUT2D eigenvalue weighted by Crippen LogP contribution is 2.29. The Labute approximate surface area is 167 Å². The fourth-order valence-electron chi connectivity index (χ4n) is 2.61. The number of nitrogens with zero attached hydrogens (tertiary/aromatic N) is 2. The number of benzene rings is 2. The van der Waals surface area contributed by atoms with Gasteiger partial charge in [-0.15, -0.1) is 10.2 Å². The summed E-state index contributed by atoms with van der Waals surface area (Å²) in [7, 11) is -1.80. The molecule has 0 saturated heterocycles. The van der Waals surface area contributed by atoms with Crippen molar-refractivity contribution in [2.24, 2.45) is 0 Å². The second-order valence-corrected chi connectivity index (χ2v) is 9.62. The number of aliphatic carboxylic acids is 1. The molecule has 0 amide bonds. The molecule has 1 heterocycles. The summed E-state index contributed by atoms with van der Waals surface area (Å²) in [5, 5.41) is 17.0. The van der Waals surface area contributed by atoms with Crippen LogP contribution in [-0.4, -0.2) is 37.5 Å². The lowest BCUT2D eigenvalue weighted by Gasteiger charge is -2.13. The molecule has 0 aliphatic carbocycles. The topological polar surface area (TPSA) is 106 Å². The van der Waals surface area contributed by atoms with Gasteiger partial charge in [-0.05, 0) is 30.7 Å². The van der Waals surface area contributed by atoms with Crippen LogP contribution in [-0.2, 0) is 26.8 Å². The van der Waals surface area contributed by atoms with Gasteiger partial charge >= 0.3 is 5.97 Å². The van der Waals surface area contributed by atoms with Crippen molar-refractivity contribution in [3.05, 3.63) is 58.6 Å². The number of sulfone groups is 1. The minimum atomic E-state index is -3.66. The second kappa shape index (κ2) is 8.11. The highest BCUT2D eigenvalue weighted by Gasteiger charge is 2.22. The van der Waals surface area contributed by atoms with Crippen LogP contribution < -0.4 is 10.2 Å². The Bertz CT molecular complexity index is 1130. The third kappa shape index (κ3) is 4.96. The van der Waals surface area contributed by atoms with E-state index in [0.29, 0.717) is 27.6 Å². The van der Waals surface area contributed by atoms with Gasteiger partial charge in [-0.25, -0.2) is 8.42 Å². The van der Waals surface area contributed by atoms with Crippen LogP contribution in [0.3, 0.4) is 0 Å². The van der Waals surface area contributed by atoms with E-state index in [0.717, 1.165) is 16.8 Å². The van der Waals surface area contributed by atoms with Crippen LogP contribution in [0.1, 0.15) is 16.1 Å². The number of aryl methyl sites for hydroxylation is 1. The maximum Gasteiger partial charge on any atom is 0.307 e. The van der Waals surface area contributed by atoms with Crippen molar-refractivity contribution >= 4 is 40.5 Å². The smallest absolute Gasteiger partial charge is 0.307 e. The number of carbonyl (C=O) groups is 1. The van der Waals surface area contributed by atoms with Crippen molar-refractivity contribution in [3.8, 4) is 11.5 Å². The molecule has 144 valence electrons. The Morgan fingerprint density at radius 3 is 2.68 bits per heavy atom. The summed E-state index contributed by atoms with van der Waals surface area (Å²) < 4.78 is 31.2. The van der Waals surface area contributed by atoms with E-state index in [-0.39, 0.29) is 16.5 Å². The number of rotatable bonds is 7. The zero-order valence-corrected chi connectivity index (χ0v) is 16.9. The van der Waals surface area contributed by atoms with E-state index in [1.54, 1.807) is 43.3 Å². The molecule has 0 spiro atoms. The first-order chi connectivity index (χ1) is 13.2. The van der Waals surface area contributed by atoms with Crippen LogP contribution in [0, 0.1) is 6.92 Å². The zero-order valence-electron chi connectivity index (χ0n) is 15.2. The van der Waals surface area contributed by atoms with Crippen molar-refractivity contribution in [2.75, 3.05) is 0 Å². The number of carboxylic acids is 1. The van der Waals surface area contributed by atoms with Crippen molar-refractivity contribution < 1.29 is 23.1 Å². The lowest BCUT2D eigenvalue weighted by molar-refractivity contribution is -0.136. The largest absolute Gasteiger partial charge is 0.481 e. The van der Waals surface area contributed by atoms with Gasteiger partial charge in [0.25, 0.3) is 0 Å². The fraction of sp³-hybridized carbons (Fsp3) is 0.167. The van der Waals surface area contributed by atoms with E-state index in [1.165, 1.54) is 0 Å². The predicted molar refractivity (Wildman–Crippen MR) is 108 cm³/mol.